The number of hydrogen-bond donors (Lipinski definition) is 2. The molecule has 1 amide bonds. The molecule has 0 fully saturated rings. The summed E-state index contributed by atoms with van der Waals surface area (Å²) in [4.78, 5) is 24.0. The first kappa shape index (κ1) is 20.8. The van der Waals surface area contributed by atoms with E-state index in [1.807, 2.05) is 26.8 Å². The zero-order chi connectivity index (χ0) is 21.1. The van der Waals surface area contributed by atoms with Gasteiger partial charge in [0.05, 0.1) is 7.11 Å². The summed E-state index contributed by atoms with van der Waals surface area (Å²) in [7, 11) is 1.53. The molecule has 2 heterocycles. The summed E-state index contributed by atoms with van der Waals surface area (Å²) in [5.41, 5.74) is 3.19. The third-order valence-corrected chi connectivity index (χ3v) is 5.58. The highest BCUT2D eigenvalue weighted by Crippen LogP contribution is 2.42. The number of aromatic nitrogens is 2. The van der Waals surface area contributed by atoms with Gasteiger partial charge in [-0.3, -0.25) is 4.79 Å². The van der Waals surface area contributed by atoms with Gasteiger partial charge in [0.25, 0.3) is 0 Å². The minimum atomic E-state index is -0.520. The van der Waals surface area contributed by atoms with Gasteiger partial charge in [0.15, 0.2) is 0 Å². The Bertz CT molecular complexity index is 996. The molecule has 8 nitrogen and oxygen atoms in total. The fourth-order valence-electron chi connectivity index (χ4n) is 3.25. The summed E-state index contributed by atoms with van der Waals surface area (Å²) < 4.78 is 10.5. The second-order valence-electron chi connectivity index (χ2n) is 6.84. The molecule has 154 valence electrons. The third-order valence-electron chi connectivity index (χ3n) is 4.82. The van der Waals surface area contributed by atoms with Gasteiger partial charge in [-0.25, -0.2) is 4.79 Å². The smallest absolute Gasteiger partial charge is 0.342 e. The lowest BCUT2D eigenvalue weighted by atomic mass is 9.94. The molecule has 1 aliphatic heterocycles. The lowest BCUT2D eigenvalue weighted by Crippen LogP contribution is -2.11. The number of carbonyl (C=O) groups is 2. The van der Waals surface area contributed by atoms with E-state index in [-0.39, 0.29) is 23.8 Å². The minimum absolute atomic E-state index is 0.0987. The van der Waals surface area contributed by atoms with Crippen LogP contribution in [0.3, 0.4) is 0 Å². The molecule has 2 N–H and O–H groups in total. The number of cyclic esters (lactones) is 1. The quantitative estimate of drug-likeness (QED) is 0.524. The van der Waals surface area contributed by atoms with Crippen LogP contribution in [0.4, 0.5) is 5.13 Å². The van der Waals surface area contributed by atoms with E-state index >= 15 is 0 Å². The highest BCUT2D eigenvalue weighted by atomic mass is 32.1. The highest BCUT2D eigenvalue weighted by molar-refractivity contribution is 7.15. The van der Waals surface area contributed by atoms with Crippen LogP contribution < -0.4 is 10.1 Å². The molecule has 0 bridgehead atoms. The zero-order valence-corrected chi connectivity index (χ0v) is 17.6. The Labute approximate surface area is 172 Å². The number of esters is 1. The fraction of sp³-hybridized carbons (Fsp3) is 0.400. The first-order valence-electron chi connectivity index (χ1n) is 9.15. The lowest BCUT2D eigenvalue weighted by molar-refractivity contribution is -0.116. The summed E-state index contributed by atoms with van der Waals surface area (Å²) in [5, 5.41) is 22.4. The molecular weight excluding hydrogens is 394 g/mol. The van der Waals surface area contributed by atoms with E-state index < -0.39 is 5.97 Å². The number of methoxy groups -OCH3 is 1. The van der Waals surface area contributed by atoms with Crippen LogP contribution in [0, 0.1) is 13.8 Å². The van der Waals surface area contributed by atoms with Crippen molar-refractivity contribution in [2.45, 2.75) is 46.6 Å². The Morgan fingerprint density at radius 3 is 2.76 bits per heavy atom. The summed E-state index contributed by atoms with van der Waals surface area (Å²) in [6.07, 6.45) is 3.16. The molecule has 1 aliphatic rings. The van der Waals surface area contributed by atoms with Crippen molar-refractivity contribution in [3.63, 3.8) is 0 Å². The molecule has 0 spiro atoms. The predicted molar refractivity (Wildman–Crippen MR) is 108 cm³/mol. The molecule has 0 atom stereocenters. The van der Waals surface area contributed by atoms with E-state index in [0.29, 0.717) is 41.3 Å². The summed E-state index contributed by atoms with van der Waals surface area (Å²) >= 11 is 1.33. The van der Waals surface area contributed by atoms with Crippen molar-refractivity contribution in [2.24, 2.45) is 0 Å². The number of carbonyl (C=O) groups excluding carboxylic acids is 2. The van der Waals surface area contributed by atoms with Gasteiger partial charge in [-0.05, 0) is 39.2 Å². The first-order valence-corrected chi connectivity index (χ1v) is 9.97. The van der Waals surface area contributed by atoms with Crippen LogP contribution in [0.1, 0.15) is 51.8 Å². The Kier molecular flexibility index (Phi) is 6.17. The van der Waals surface area contributed by atoms with Crippen LogP contribution in [0.15, 0.2) is 11.6 Å². The number of phenols is 1. The number of aromatic hydroxyl groups is 1. The molecule has 9 heteroatoms. The van der Waals surface area contributed by atoms with Crippen LogP contribution in [-0.4, -0.2) is 34.3 Å². The number of anilines is 1. The van der Waals surface area contributed by atoms with Crippen molar-refractivity contribution >= 4 is 28.3 Å². The van der Waals surface area contributed by atoms with Gasteiger partial charge in [0.1, 0.15) is 28.7 Å². The standard InChI is InChI=1S/C20H23N3O5S/c1-10(6-8-15(24)21-20-23-22-12(3)29-20)5-7-13-17(25)16-14(9-28-19(16)26)11(2)18(13)27-4/h5,25H,6-9H2,1-4H3,(H,21,23,24)/b10-5+. The van der Waals surface area contributed by atoms with Gasteiger partial charge < -0.3 is 19.9 Å². The van der Waals surface area contributed by atoms with Crippen LogP contribution >= 0.6 is 11.3 Å². The second kappa shape index (κ2) is 8.60. The molecule has 0 unspecified atom stereocenters. The monoisotopic (exact) mass is 417 g/mol. The Balaban J connectivity index is 1.69. The highest BCUT2D eigenvalue weighted by Gasteiger charge is 2.31. The molecule has 0 saturated heterocycles. The van der Waals surface area contributed by atoms with Crippen molar-refractivity contribution in [1.29, 1.82) is 0 Å². The van der Waals surface area contributed by atoms with Crippen LogP contribution in [0.2, 0.25) is 0 Å². The van der Waals surface area contributed by atoms with E-state index in [4.69, 9.17) is 9.47 Å². The van der Waals surface area contributed by atoms with Gasteiger partial charge in [-0.15, -0.1) is 10.2 Å². The third kappa shape index (κ3) is 4.40. The van der Waals surface area contributed by atoms with Crippen molar-refractivity contribution in [1.82, 2.24) is 10.2 Å². The largest absolute Gasteiger partial charge is 0.507 e. The van der Waals surface area contributed by atoms with E-state index in [1.165, 1.54) is 18.4 Å². The molecule has 0 aliphatic carbocycles. The Morgan fingerprint density at radius 2 is 2.10 bits per heavy atom. The molecule has 2 aromatic rings. The number of allylic oxidation sites excluding steroid dienone is 2. The number of hydrogen-bond acceptors (Lipinski definition) is 8. The van der Waals surface area contributed by atoms with Gasteiger partial charge in [0.2, 0.25) is 11.0 Å². The Morgan fingerprint density at radius 1 is 1.34 bits per heavy atom. The van der Waals surface area contributed by atoms with Crippen LogP contribution in [0.25, 0.3) is 0 Å². The van der Waals surface area contributed by atoms with E-state index in [0.717, 1.165) is 16.1 Å². The van der Waals surface area contributed by atoms with E-state index in [9.17, 15) is 14.7 Å². The molecule has 0 saturated carbocycles. The maximum Gasteiger partial charge on any atom is 0.342 e. The summed E-state index contributed by atoms with van der Waals surface area (Å²) in [5.74, 6) is -0.203. The molecule has 1 aromatic carbocycles. The minimum Gasteiger partial charge on any atom is -0.507 e. The number of rotatable bonds is 7. The van der Waals surface area contributed by atoms with Crippen molar-refractivity contribution in [2.75, 3.05) is 12.4 Å². The Hall–Kier alpha value is -2.94. The molecular formula is C20H23N3O5S. The van der Waals surface area contributed by atoms with E-state index in [2.05, 4.69) is 15.5 Å². The first-order chi connectivity index (χ1) is 13.8. The van der Waals surface area contributed by atoms with Gasteiger partial charge in [-0.1, -0.05) is 23.0 Å². The number of ether oxygens (including phenoxy) is 2. The van der Waals surface area contributed by atoms with Gasteiger partial charge in [0, 0.05) is 17.5 Å². The fourth-order valence-corrected chi connectivity index (χ4v) is 3.85. The normalized spacial score (nSPS) is 13.2. The molecule has 29 heavy (non-hydrogen) atoms. The number of nitrogens with zero attached hydrogens (tertiary/aromatic N) is 2. The maximum atomic E-state index is 12.1. The number of nitrogens with one attached hydrogen (secondary N) is 1. The number of fused-ring (bicyclic) bond motifs is 1. The maximum absolute atomic E-state index is 12.1. The lowest BCUT2D eigenvalue weighted by Gasteiger charge is -2.15. The number of amides is 1. The molecule has 1 aromatic heterocycles. The summed E-state index contributed by atoms with van der Waals surface area (Å²) in [6, 6.07) is 0. The van der Waals surface area contributed by atoms with Crippen LogP contribution in [0.5, 0.6) is 11.5 Å². The SMILES string of the molecule is COc1c(C)c2c(c(O)c1C/C=C(\C)CCC(=O)Nc1nnc(C)s1)C(=O)OC2. The molecule has 3 rings (SSSR count). The summed E-state index contributed by atoms with van der Waals surface area (Å²) in [6.45, 7) is 5.73. The number of aryl methyl sites for hydroxylation is 1. The van der Waals surface area contributed by atoms with Gasteiger partial charge >= 0.3 is 5.97 Å². The average Bonchev–Trinajstić information content (AvgIpc) is 3.27. The van der Waals surface area contributed by atoms with E-state index in [1.54, 1.807) is 0 Å². The molecule has 0 radical (unpaired) electrons. The average molecular weight is 417 g/mol. The topological polar surface area (TPSA) is 111 Å². The number of phenolic OH excluding ortho intramolecular Hbond substituents is 1. The predicted octanol–water partition coefficient (Wildman–Crippen LogP) is 3.45. The second-order valence-corrected chi connectivity index (χ2v) is 8.03. The van der Waals surface area contributed by atoms with Crippen molar-refractivity contribution < 1.29 is 24.2 Å². The van der Waals surface area contributed by atoms with Crippen molar-refractivity contribution in [3.05, 3.63) is 38.9 Å². The van der Waals surface area contributed by atoms with Gasteiger partial charge in [-0.2, -0.15) is 0 Å². The zero-order valence-electron chi connectivity index (χ0n) is 16.8. The van der Waals surface area contributed by atoms with Crippen molar-refractivity contribution in [3.8, 4) is 11.5 Å². The number of benzene rings is 1. The van der Waals surface area contributed by atoms with Crippen LogP contribution in [-0.2, 0) is 22.6 Å².